The molecule has 4 aromatic rings. The van der Waals surface area contributed by atoms with Crippen molar-refractivity contribution in [1.29, 1.82) is 5.26 Å². The van der Waals surface area contributed by atoms with Crippen LogP contribution in [0.1, 0.15) is 23.6 Å². The van der Waals surface area contributed by atoms with Crippen molar-refractivity contribution in [1.82, 2.24) is 0 Å². The van der Waals surface area contributed by atoms with Gasteiger partial charge in [-0.25, -0.2) is 0 Å². The maximum Gasteiger partial charge on any atom is 0.175 e. The van der Waals surface area contributed by atoms with Crippen LogP contribution in [0.15, 0.2) is 77.3 Å². The lowest BCUT2D eigenvalue weighted by Gasteiger charge is -2.15. The minimum atomic E-state index is 0.253. The Bertz CT molecular complexity index is 1420. The quantitative estimate of drug-likeness (QED) is 0.170. The van der Waals surface area contributed by atoms with Crippen molar-refractivity contribution < 1.29 is 9.47 Å². The number of hydrogen-bond donors (Lipinski definition) is 0. The first-order chi connectivity index (χ1) is 16.5. The smallest absolute Gasteiger partial charge is 0.175 e. The molecule has 0 spiro atoms. The monoisotopic (exact) mass is 551 g/mol. The van der Waals surface area contributed by atoms with Crippen LogP contribution < -0.4 is 9.47 Å². The van der Waals surface area contributed by atoms with Gasteiger partial charge >= 0.3 is 0 Å². The molecule has 0 aliphatic carbocycles. The molecule has 0 atom stereocenters. The lowest BCUT2D eigenvalue weighted by atomic mass is 9.97. The molecule has 34 heavy (non-hydrogen) atoms. The first-order valence-corrected chi connectivity index (χ1v) is 12.2. The maximum atomic E-state index is 9.94. The average Bonchev–Trinajstić information content (AvgIpc) is 2.83. The number of hydrogen-bond acceptors (Lipinski definition) is 3. The molecule has 0 radical (unpaired) electrons. The van der Waals surface area contributed by atoms with Crippen LogP contribution in [-0.2, 0) is 6.61 Å². The van der Waals surface area contributed by atoms with Crippen LogP contribution in [0.4, 0.5) is 0 Å². The van der Waals surface area contributed by atoms with Crippen LogP contribution in [0.25, 0.3) is 22.4 Å². The summed E-state index contributed by atoms with van der Waals surface area (Å²) in [6.45, 7) is 2.63. The molecule has 0 unspecified atom stereocenters. The molecule has 0 heterocycles. The van der Waals surface area contributed by atoms with E-state index in [-0.39, 0.29) is 6.61 Å². The minimum absolute atomic E-state index is 0.253. The summed E-state index contributed by atoms with van der Waals surface area (Å²) in [6.07, 6.45) is 1.86. The van der Waals surface area contributed by atoms with Gasteiger partial charge in [0.15, 0.2) is 11.5 Å². The van der Waals surface area contributed by atoms with E-state index in [9.17, 15) is 5.26 Å². The highest BCUT2D eigenvalue weighted by Gasteiger charge is 2.14. The molecule has 3 nitrogen and oxygen atoms in total. The summed E-state index contributed by atoms with van der Waals surface area (Å²) < 4.78 is 12.6. The third-order valence-corrected chi connectivity index (χ3v) is 6.41. The Hall–Kier alpha value is -2.97. The molecule has 0 bridgehead atoms. The summed E-state index contributed by atoms with van der Waals surface area (Å²) in [5.74, 6) is 1.14. The predicted molar refractivity (Wildman–Crippen MR) is 144 cm³/mol. The topological polar surface area (TPSA) is 42.2 Å². The van der Waals surface area contributed by atoms with Crippen molar-refractivity contribution in [2.45, 2.75) is 13.5 Å². The first-order valence-electron chi connectivity index (χ1n) is 10.6. The van der Waals surface area contributed by atoms with E-state index >= 15 is 0 Å². The third kappa shape index (κ3) is 5.39. The lowest BCUT2D eigenvalue weighted by molar-refractivity contribution is 0.267. The molecule has 4 rings (SSSR count). The Kier molecular flexibility index (Phi) is 7.80. The van der Waals surface area contributed by atoms with E-state index < -0.39 is 0 Å². The number of rotatable bonds is 7. The Morgan fingerprint density at radius 2 is 1.79 bits per heavy atom. The van der Waals surface area contributed by atoms with Crippen molar-refractivity contribution in [3.63, 3.8) is 0 Å². The van der Waals surface area contributed by atoms with Gasteiger partial charge in [0.2, 0.25) is 0 Å². The van der Waals surface area contributed by atoms with Gasteiger partial charge in [0, 0.05) is 21.2 Å². The van der Waals surface area contributed by atoms with Gasteiger partial charge in [-0.1, -0.05) is 71.7 Å². The zero-order valence-electron chi connectivity index (χ0n) is 18.3. The maximum absolute atomic E-state index is 9.94. The normalized spacial score (nSPS) is 11.3. The van der Waals surface area contributed by atoms with Gasteiger partial charge in [-0.15, -0.1) is 0 Å². The van der Waals surface area contributed by atoms with Crippen molar-refractivity contribution >= 4 is 61.6 Å². The van der Waals surface area contributed by atoms with Crippen LogP contribution in [0.3, 0.4) is 0 Å². The van der Waals surface area contributed by atoms with E-state index in [4.69, 9.17) is 32.7 Å². The van der Waals surface area contributed by atoms with Crippen LogP contribution in [0.2, 0.25) is 10.0 Å². The Balaban J connectivity index is 1.70. The Labute approximate surface area is 217 Å². The fourth-order valence-corrected chi connectivity index (χ4v) is 4.70. The van der Waals surface area contributed by atoms with Crippen LogP contribution in [-0.4, -0.2) is 6.61 Å². The standard InChI is InChI=1S/C28H20BrCl2NO2/c1-2-33-27-14-18(12-21(16-32)24-9-5-7-19-6-3-4-8-23(19)24)13-25(29)28(27)34-17-20-10-11-22(30)15-26(20)31/h3-15H,2,17H2,1H3/b21-12+. The number of fused-ring (bicyclic) bond motifs is 1. The van der Waals surface area contributed by atoms with Gasteiger partial charge in [0.25, 0.3) is 0 Å². The minimum Gasteiger partial charge on any atom is -0.490 e. The fraction of sp³-hybridized carbons (Fsp3) is 0.107. The molecule has 0 aliphatic heterocycles. The SMILES string of the molecule is CCOc1cc(/C=C(\C#N)c2cccc3ccccc23)cc(Br)c1OCc1ccc(Cl)cc1Cl. The van der Waals surface area contributed by atoms with Gasteiger partial charge in [-0.3, -0.25) is 0 Å². The van der Waals surface area contributed by atoms with Gasteiger partial charge in [0.1, 0.15) is 6.61 Å². The number of benzene rings is 4. The number of ether oxygens (including phenoxy) is 2. The summed E-state index contributed by atoms with van der Waals surface area (Å²) in [5, 5.41) is 13.2. The lowest BCUT2D eigenvalue weighted by Crippen LogP contribution is -2.01. The zero-order valence-corrected chi connectivity index (χ0v) is 21.4. The molecule has 0 aliphatic rings. The van der Waals surface area contributed by atoms with Crippen LogP contribution >= 0.6 is 39.1 Å². The van der Waals surface area contributed by atoms with Gasteiger partial charge in [-0.05, 0) is 69.5 Å². The summed E-state index contributed by atoms with van der Waals surface area (Å²) in [7, 11) is 0. The highest BCUT2D eigenvalue weighted by Crippen LogP contribution is 2.39. The van der Waals surface area contributed by atoms with E-state index in [1.807, 2.05) is 73.7 Å². The third-order valence-electron chi connectivity index (χ3n) is 5.23. The molecule has 0 saturated heterocycles. The molecule has 0 aromatic heterocycles. The molecule has 0 amide bonds. The number of nitriles is 1. The van der Waals surface area contributed by atoms with E-state index in [0.717, 1.165) is 27.5 Å². The number of halogens is 3. The van der Waals surface area contributed by atoms with Crippen LogP contribution in [0, 0.1) is 11.3 Å². The second kappa shape index (κ2) is 11.0. The van der Waals surface area contributed by atoms with Crippen molar-refractivity contribution in [3.8, 4) is 17.6 Å². The fourth-order valence-electron chi connectivity index (χ4n) is 3.66. The average molecular weight is 553 g/mol. The number of nitrogens with zero attached hydrogens (tertiary/aromatic N) is 1. The second-order valence-electron chi connectivity index (χ2n) is 7.48. The summed E-state index contributed by atoms with van der Waals surface area (Å²) in [5.41, 5.74) is 3.07. The molecule has 0 saturated carbocycles. The van der Waals surface area contributed by atoms with E-state index in [0.29, 0.717) is 38.2 Å². The highest BCUT2D eigenvalue weighted by molar-refractivity contribution is 9.10. The molecule has 6 heteroatoms. The van der Waals surface area contributed by atoms with Gasteiger partial charge in [0.05, 0.1) is 22.7 Å². The molecular formula is C28H20BrCl2NO2. The van der Waals surface area contributed by atoms with E-state index in [1.165, 1.54) is 0 Å². The summed E-state index contributed by atoms with van der Waals surface area (Å²) in [4.78, 5) is 0. The van der Waals surface area contributed by atoms with Crippen molar-refractivity contribution in [3.05, 3.63) is 104 Å². The second-order valence-corrected chi connectivity index (χ2v) is 9.18. The van der Waals surface area contributed by atoms with Crippen molar-refractivity contribution in [2.24, 2.45) is 0 Å². The zero-order chi connectivity index (χ0) is 24.1. The highest BCUT2D eigenvalue weighted by atomic mass is 79.9. The van der Waals surface area contributed by atoms with Crippen molar-refractivity contribution in [2.75, 3.05) is 6.61 Å². The largest absolute Gasteiger partial charge is 0.490 e. The Morgan fingerprint density at radius 3 is 2.56 bits per heavy atom. The first kappa shape index (κ1) is 24.2. The molecular weight excluding hydrogens is 533 g/mol. The summed E-state index contributed by atoms with van der Waals surface area (Å²) >= 11 is 15.9. The summed E-state index contributed by atoms with van der Waals surface area (Å²) in [6, 6.07) is 25.4. The molecule has 170 valence electrons. The predicted octanol–water partition coefficient (Wildman–Crippen LogP) is 8.95. The molecule has 4 aromatic carbocycles. The molecule has 0 fully saturated rings. The van der Waals surface area contributed by atoms with E-state index in [1.54, 1.807) is 12.1 Å². The van der Waals surface area contributed by atoms with E-state index in [2.05, 4.69) is 22.0 Å². The van der Waals surface area contributed by atoms with Crippen LogP contribution in [0.5, 0.6) is 11.5 Å². The Morgan fingerprint density at radius 1 is 1.00 bits per heavy atom. The van der Waals surface area contributed by atoms with Gasteiger partial charge < -0.3 is 9.47 Å². The number of allylic oxidation sites excluding steroid dienone is 1. The molecule has 0 N–H and O–H groups in total. The van der Waals surface area contributed by atoms with Gasteiger partial charge in [-0.2, -0.15) is 5.26 Å².